The second kappa shape index (κ2) is 6.22. The molecule has 0 aliphatic carbocycles. The zero-order chi connectivity index (χ0) is 15.5. The molecule has 5 nitrogen and oxygen atoms in total. The highest BCUT2D eigenvalue weighted by Gasteiger charge is 2.23. The molecule has 1 aromatic heterocycles. The third-order valence-corrected chi connectivity index (χ3v) is 5.18. The molecule has 0 saturated heterocycles. The van der Waals surface area contributed by atoms with Crippen molar-refractivity contribution in [2.75, 3.05) is 7.05 Å². The van der Waals surface area contributed by atoms with E-state index < -0.39 is 10.0 Å². The summed E-state index contributed by atoms with van der Waals surface area (Å²) in [5.41, 5.74) is 1.31. The fraction of sp³-hybridized carbons (Fsp3) is 0.143. The summed E-state index contributed by atoms with van der Waals surface area (Å²) in [7, 11) is -2.24. The van der Waals surface area contributed by atoms with Gasteiger partial charge in [0.15, 0.2) is 0 Å². The van der Waals surface area contributed by atoms with Crippen LogP contribution >= 0.6 is 11.6 Å². The first kappa shape index (κ1) is 15.4. The Kier molecular flexibility index (Phi) is 4.58. The molecule has 0 bridgehead atoms. The van der Waals surface area contributed by atoms with Gasteiger partial charge in [0.05, 0.1) is 16.7 Å². The number of aromatic nitrogens is 1. The average Bonchev–Trinajstić information content (AvgIpc) is 2.48. The third-order valence-electron chi connectivity index (χ3n) is 2.91. The molecular weight excluding hydrogens is 310 g/mol. The zero-order valence-corrected chi connectivity index (χ0v) is 12.8. The molecule has 0 N–H and O–H groups in total. The number of benzene rings is 1. The predicted molar refractivity (Wildman–Crippen MR) is 79.1 cm³/mol. The minimum atomic E-state index is -3.71. The highest BCUT2D eigenvalue weighted by molar-refractivity contribution is 7.89. The molecule has 21 heavy (non-hydrogen) atoms. The normalized spacial score (nSPS) is 11.3. The molecule has 0 amide bonds. The summed E-state index contributed by atoms with van der Waals surface area (Å²) in [6.07, 6.45) is 2.66. The van der Waals surface area contributed by atoms with E-state index in [-0.39, 0.29) is 16.5 Å². The van der Waals surface area contributed by atoms with E-state index in [9.17, 15) is 8.42 Å². The Bertz CT molecular complexity index is 783. The van der Waals surface area contributed by atoms with Crippen LogP contribution < -0.4 is 0 Å². The third kappa shape index (κ3) is 3.39. The molecule has 0 fully saturated rings. The quantitative estimate of drug-likeness (QED) is 0.866. The van der Waals surface area contributed by atoms with Gasteiger partial charge in [-0.3, -0.25) is 4.98 Å². The number of halogens is 1. The Morgan fingerprint density at radius 2 is 1.95 bits per heavy atom. The number of pyridine rings is 1. The maximum atomic E-state index is 12.4. The monoisotopic (exact) mass is 321 g/mol. The molecule has 0 aliphatic heterocycles. The summed E-state index contributed by atoms with van der Waals surface area (Å²) in [4.78, 5) is 3.77. The first-order chi connectivity index (χ1) is 9.95. The van der Waals surface area contributed by atoms with E-state index in [1.807, 2.05) is 6.07 Å². The number of hydrogen-bond donors (Lipinski definition) is 0. The van der Waals surface area contributed by atoms with Crippen LogP contribution in [0.25, 0.3) is 0 Å². The van der Waals surface area contributed by atoms with Gasteiger partial charge in [-0.05, 0) is 23.8 Å². The van der Waals surface area contributed by atoms with Gasteiger partial charge in [0.1, 0.15) is 4.90 Å². The first-order valence-electron chi connectivity index (χ1n) is 6.00. The second-order valence-electron chi connectivity index (χ2n) is 4.38. The minimum absolute atomic E-state index is 0.0252. The molecule has 7 heteroatoms. The van der Waals surface area contributed by atoms with Crippen LogP contribution in [0, 0.1) is 11.3 Å². The summed E-state index contributed by atoms with van der Waals surface area (Å²) in [5.74, 6) is 0. The van der Waals surface area contributed by atoms with Gasteiger partial charge < -0.3 is 0 Å². The number of nitriles is 1. The van der Waals surface area contributed by atoms with Gasteiger partial charge in [-0.2, -0.15) is 9.57 Å². The number of sulfonamides is 1. The average molecular weight is 322 g/mol. The van der Waals surface area contributed by atoms with Gasteiger partial charge in [-0.1, -0.05) is 23.7 Å². The summed E-state index contributed by atoms with van der Waals surface area (Å²) in [6.45, 7) is 0.180. The Hall–Kier alpha value is -1.94. The van der Waals surface area contributed by atoms with Gasteiger partial charge >= 0.3 is 0 Å². The van der Waals surface area contributed by atoms with E-state index in [2.05, 4.69) is 4.98 Å². The smallest absolute Gasteiger partial charge is 0.246 e. The van der Waals surface area contributed by atoms with Crippen molar-refractivity contribution in [2.45, 2.75) is 11.4 Å². The topological polar surface area (TPSA) is 74.1 Å². The number of hydrogen-bond acceptors (Lipinski definition) is 4. The fourth-order valence-electron chi connectivity index (χ4n) is 1.75. The summed E-state index contributed by atoms with van der Waals surface area (Å²) in [5, 5.41) is 8.88. The molecule has 1 heterocycles. The standard InChI is InChI=1S/C14H12ClN3O2S/c1-18(10-12-4-2-11(8-16)3-5-12)21(19,20)14-9-17-7-6-13(14)15/h2-7,9H,10H2,1H3. The summed E-state index contributed by atoms with van der Waals surface area (Å²) in [6, 6.07) is 10.2. The second-order valence-corrected chi connectivity index (χ2v) is 6.80. The summed E-state index contributed by atoms with van der Waals surface area (Å²) >= 11 is 5.91. The molecule has 0 unspecified atom stereocenters. The van der Waals surface area contributed by atoms with Crippen molar-refractivity contribution in [2.24, 2.45) is 0 Å². The van der Waals surface area contributed by atoms with Crippen molar-refractivity contribution in [1.82, 2.24) is 9.29 Å². The van der Waals surface area contributed by atoms with E-state index in [1.165, 1.54) is 29.8 Å². The maximum absolute atomic E-state index is 12.4. The molecule has 0 aliphatic rings. The molecule has 1 aromatic carbocycles. The van der Waals surface area contributed by atoms with Crippen LogP contribution in [0.5, 0.6) is 0 Å². The lowest BCUT2D eigenvalue weighted by molar-refractivity contribution is 0.466. The molecule has 108 valence electrons. The zero-order valence-electron chi connectivity index (χ0n) is 11.2. The van der Waals surface area contributed by atoms with Crippen molar-refractivity contribution < 1.29 is 8.42 Å². The van der Waals surface area contributed by atoms with Crippen LogP contribution in [0.15, 0.2) is 47.6 Å². The highest BCUT2D eigenvalue weighted by atomic mass is 35.5. The van der Waals surface area contributed by atoms with E-state index in [4.69, 9.17) is 16.9 Å². The highest BCUT2D eigenvalue weighted by Crippen LogP contribution is 2.23. The SMILES string of the molecule is CN(Cc1ccc(C#N)cc1)S(=O)(=O)c1cnccc1Cl. The Balaban J connectivity index is 2.25. The number of nitrogens with zero attached hydrogens (tertiary/aromatic N) is 3. The minimum Gasteiger partial charge on any atom is -0.263 e. The van der Waals surface area contributed by atoms with Crippen molar-refractivity contribution in [3.63, 3.8) is 0 Å². The lowest BCUT2D eigenvalue weighted by Crippen LogP contribution is -2.26. The fourth-order valence-corrected chi connectivity index (χ4v) is 3.31. The van der Waals surface area contributed by atoms with Crippen LogP contribution in [0.2, 0.25) is 5.02 Å². The van der Waals surface area contributed by atoms with Gasteiger partial charge in [-0.15, -0.1) is 0 Å². The van der Waals surface area contributed by atoms with E-state index >= 15 is 0 Å². The van der Waals surface area contributed by atoms with Crippen LogP contribution in [-0.4, -0.2) is 24.8 Å². The van der Waals surface area contributed by atoms with Gasteiger partial charge in [0.25, 0.3) is 0 Å². The van der Waals surface area contributed by atoms with Crippen LogP contribution in [0.1, 0.15) is 11.1 Å². The largest absolute Gasteiger partial charge is 0.263 e. The van der Waals surface area contributed by atoms with E-state index in [0.717, 1.165) is 5.56 Å². The van der Waals surface area contributed by atoms with E-state index in [0.29, 0.717) is 5.56 Å². The number of rotatable bonds is 4. The first-order valence-corrected chi connectivity index (χ1v) is 7.82. The molecule has 0 spiro atoms. The lowest BCUT2D eigenvalue weighted by Gasteiger charge is -2.17. The van der Waals surface area contributed by atoms with E-state index in [1.54, 1.807) is 24.3 Å². The van der Waals surface area contributed by atoms with Gasteiger partial charge in [0, 0.05) is 26.0 Å². The Morgan fingerprint density at radius 1 is 1.29 bits per heavy atom. The van der Waals surface area contributed by atoms with Gasteiger partial charge in [-0.25, -0.2) is 8.42 Å². The molecule has 0 atom stereocenters. The Labute approximate surface area is 128 Å². The van der Waals surface area contributed by atoms with Crippen molar-refractivity contribution in [1.29, 1.82) is 5.26 Å². The van der Waals surface area contributed by atoms with Gasteiger partial charge in [0.2, 0.25) is 10.0 Å². The summed E-state index contributed by atoms with van der Waals surface area (Å²) < 4.78 is 26.1. The molecule has 2 rings (SSSR count). The van der Waals surface area contributed by atoms with Crippen molar-refractivity contribution in [3.8, 4) is 6.07 Å². The molecule has 2 aromatic rings. The molecule has 0 radical (unpaired) electrons. The van der Waals surface area contributed by atoms with Crippen molar-refractivity contribution >= 4 is 21.6 Å². The van der Waals surface area contributed by atoms with Crippen molar-refractivity contribution in [3.05, 3.63) is 58.9 Å². The lowest BCUT2D eigenvalue weighted by atomic mass is 10.1. The van der Waals surface area contributed by atoms with Crippen LogP contribution in [0.4, 0.5) is 0 Å². The maximum Gasteiger partial charge on any atom is 0.246 e. The molecular formula is C14H12ClN3O2S. The van der Waals surface area contributed by atoms with Crippen LogP contribution in [-0.2, 0) is 16.6 Å². The Morgan fingerprint density at radius 3 is 2.52 bits per heavy atom. The van der Waals surface area contributed by atoms with Crippen LogP contribution in [0.3, 0.4) is 0 Å². The molecule has 0 saturated carbocycles. The predicted octanol–water partition coefficient (Wildman–Crippen LogP) is 2.43.